The molecule has 0 amide bonds. The van der Waals surface area contributed by atoms with Crippen molar-refractivity contribution in [1.82, 2.24) is 0 Å². The number of carbonyl (C=O) groups is 1. The molecule has 0 aliphatic rings. The van der Waals surface area contributed by atoms with Gasteiger partial charge in [0.1, 0.15) is 6.07 Å². The summed E-state index contributed by atoms with van der Waals surface area (Å²) in [6.45, 7) is 3.46. The molecule has 0 aliphatic carbocycles. The molecule has 0 saturated carbocycles. The Labute approximate surface area is 126 Å². The van der Waals surface area contributed by atoms with Crippen LogP contribution in [0.4, 0.5) is 5.69 Å². The lowest BCUT2D eigenvalue weighted by molar-refractivity contribution is 0.0698. The predicted octanol–water partition coefficient (Wildman–Crippen LogP) is 2.27. The first-order valence-electron chi connectivity index (χ1n) is 6.12. The molecule has 2 N–H and O–H groups in total. The van der Waals surface area contributed by atoms with Gasteiger partial charge in [-0.2, -0.15) is 13.7 Å². The van der Waals surface area contributed by atoms with Crippen LogP contribution >= 0.6 is 0 Å². The number of hydrogen-bond donors (Lipinski definition) is 2. The van der Waals surface area contributed by atoms with E-state index >= 15 is 0 Å². The second kappa shape index (κ2) is 5.54. The highest BCUT2D eigenvalue weighted by Crippen LogP contribution is 2.24. The Balaban J connectivity index is 2.48. The molecule has 0 fully saturated rings. The van der Waals surface area contributed by atoms with E-state index in [1.807, 2.05) is 0 Å². The molecular formula is C14H12N2O5S. The van der Waals surface area contributed by atoms with Crippen LogP contribution in [0.1, 0.15) is 27.2 Å². The summed E-state index contributed by atoms with van der Waals surface area (Å²) in [5.41, 5.74) is 1.23. The second-order valence-electron chi connectivity index (χ2n) is 4.62. The number of benzene rings is 1. The average Bonchev–Trinajstić information content (AvgIpc) is 2.91. The lowest BCUT2D eigenvalue weighted by atomic mass is 10.0. The molecule has 22 heavy (non-hydrogen) atoms. The minimum absolute atomic E-state index is 0.0643. The van der Waals surface area contributed by atoms with Gasteiger partial charge < -0.3 is 9.52 Å². The van der Waals surface area contributed by atoms with Gasteiger partial charge >= 0.3 is 5.97 Å². The summed E-state index contributed by atoms with van der Waals surface area (Å²) in [6.07, 6.45) is 0. The van der Waals surface area contributed by atoms with Crippen molar-refractivity contribution in [3.63, 3.8) is 0 Å². The van der Waals surface area contributed by atoms with Gasteiger partial charge in [0.2, 0.25) is 10.9 Å². The number of furan rings is 1. The molecule has 2 aromatic rings. The number of nitrogens with zero attached hydrogens (tertiary/aromatic N) is 1. The van der Waals surface area contributed by atoms with E-state index in [4.69, 9.17) is 9.68 Å². The number of carboxylic acid groups (broad SMARTS) is 1. The van der Waals surface area contributed by atoms with Gasteiger partial charge in [-0.15, -0.1) is 0 Å². The van der Waals surface area contributed by atoms with Crippen LogP contribution in [0.2, 0.25) is 0 Å². The maximum atomic E-state index is 12.2. The van der Waals surface area contributed by atoms with Crippen LogP contribution in [0.5, 0.6) is 0 Å². The molecule has 1 aromatic heterocycles. The number of aryl methyl sites for hydroxylation is 2. The molecule has 0 atom stereocenters. The van der Waals surface area contributed by atoms with Crippen LogP contribution in [0.25, 0.3) is 0 Å². The fraction of sp³-hybridized carbons (Fsp3) is 0.143. The van der Waals surface area contributed by atoms with Crippen molar-refractivity contribution < 1.29 is 22.7 Å². The third-order valence-corrected chi connectivity index (χ3v) is 4.30. The van der Waals surface area contributed by atoms with Crippen LogP contribution in [0.3, 0.4) is 0 Å². The minimum atomic E-state index is -4.12. The number of sulfonamides is 1. The summed E-state index contributed by atoms with van der Waals surface area (Å²) in [5, 5.41) is 17.4. The fourth-order valence-corrected chi connectivity index (χ4v) is 2.80. The molecule has 7 nitrogen and oxygen atoms in total. The summed E-state index contributed by atoms with van der Waals surface area (Å²) in [7, 11) is -4.12. The van der Waals surface area contributed by atoms with Crippen molar-refractivity contribution in [2.75, 3.05) is 4.72 Å². The summed E-state index contributed by atoms with van der Waals surface area (Å²) >= 11 is 0. The molecule has 0 spiro atoms. The Bertz CT molecular complexity index is 890. The van der Waals surface area contributed by atoms with Crippen molar-refractivity contribution >= 4 is 21.7 Å². The largest absolute Gasteiger partial charge is 0.478 e. The van der Waals surface area contributed by atoms with E-state index in [9.17, 15) is 18.3 Å². The molecule has 1 heterocycles. The Morgan fingerprint density at radius 3 is 2.45 bits per heavy atom. The van der Waals surface area contributed by atoms with Crippen LogP contribution in [0, 0.1) is 25.2 Å². The van der Waals surface area contributed by atoms with Gasteiger partial charge in [0.05, 0.1) is 11.3 Å². The van der Waals surface area contributed by atoms with Gasteiger partial charge in [-0.1, -0.05) is 0 Å². The zero-order valence-electron chi connectivity index (χ0n) is 11.7. The van der Waals surface area contributed by atoms with Gasteiger partial charge in [-0.3, -0.25) is 4.72 Å². The first-order chi connectivity index (χ1) is 10.2. The van der Waals surface area contributed by atoms with Gasteiger partial charge in [-0.25, -0.2) is 4.79 Å². The topological polar surface area (TPSA) is 120 Å². The van der Waals surface area contributed by atoms with Crippen molar-refractivity contribution in [1.29, 1.82) is 5.26 Å². The van der Waals surface area contributed by atoms with E-state index in [1.165, 1.54) is 18.2 Å². The molecule has 1 aromatic carbocycles. The first kappa shape index (κ1) is 15.6. The minimum Gasteiger partial charge on any atom is -0.478 e. The Morgan fingerprint density at radius 2 is 1.91 bits per heavy atom. The number of aromatic carboxylic acids is 1. The molecule has 0 saturated heterocycles. The summed E-state index contributed by atoms with van der Waals surface area (Å²) in [5.74, 6) is -1.41. The lowest BCUT2D eigenvalue weighted by Gasteiger charge is -2.11. The fourth-order valence-electron chi connectivity index (χ4n) is 1.80. The number of carboxylic acids is 1. The molecule has 8 heteroatoms. The Morgan fingerprint density at radius 1 is 1.27 bits per heavy atom. The third kappa shape index (κ3) is 2.94. The summed E-state index contributed by atoms with van der Waals surface area (Å²) in [4.78, 5) is 11.3. The van der Waals surface area contributed by atoms with Crippen LogP contribution in [-0.4, -0.2) is 19.5 Å². The number of nitrogens with one attached hydrogen (secondary N) is 1. The zero-order valence-corrected chi connectivity index (χ0v) is 12.6. The summed E-state index contributed by atoms with van der Waals surface area (Å²) < 4.78 is 31.4. The molecule has 0 radical (unpaired) electrons. The maximum Gasteiger partial charge on any atom is 0.337 e. The zero-order chi connectivity index (χ0) is 16.5. The van der Waals surface area contributed by atoms with Crippen molar-refractivity contribution in [3.8, 4) is 6.07 Å². The van der Waals surface area contributed by atoms with Crippen molar-refractivity contribution in [2.24, 2.45) is 0 Å². The van der Waals surface area contributed by atoms with Crippen LogP contribution in [-0.2, 0) is 10.0 Å². The smallest absolute Gasteiger partial charge is 0.337 e. The first-order valence-corrected chi connectivity index (χ1v) is 7.60. The normalized spacial score (nSPS) is 11.0. The quantitative estimate of drug-likeness (QED) is 0.891. The summed E-state index contributed by atoms with van der Waals surface area (Å²) in [6, 6.07) is 6.84. The van der Waals surface area contributed by atoms with Gasteiger partial charge in [-0.05, 0) is 49.2 Å². The van der Waals surface area contributed by atoms with E-state index in [2.05, 4.69) is 4.72 Å². The third-order valence-electron chi connectivity index (χ3n) is 3.06. The van der Waals surface area contributed by atoms with Crippen molar-refractivity contribution in [2.45, 2.75) is 18.9 Å². The number of rotatable bonds is 4. The lowest BCUT2D eigenvalue weighted by Crippen LogP contribution is -2.15. The van der Waals surface area contributed by atoms with Gasteiger partial charge in [0, 0.05) is 0 Å². The Kier molecular flexibility index (Phi) is 3.93. The van der Waals surface area contributed by atoms with E-state index < -0.39 is 21.1 Å². The maximum absolute atomic E-state index is 12.2. The van der Waals surface area contributed by atoms with Gasteiger partial charge in [0.15, 0.2) is 0 Å². The SMILES string of the molecule is Cc1cc(NS(=O)(=O)c2ccc(C#N)o2)c(C(=O)O)cc1C. The highest BCUT2D eigenvalue weighted by atomic mass is 32.2. The van der Waals surface area contributed by atoms with Crippen LogP contribution in [0.15, 0.2) is 33.8 Å². The predicted molar refractivity (Wildman–Crippen MR) is 77.1 cm³/mol. The average molecular weight is 320 g/mol. The van der Waals surface area contributed by atoms with Crippen LogP contribution < -0.4 is 4.72 Å². The molecule has 0 unspecified atom stereocenters. The molecule has 2 rings (SSSR count). The highest BCUT2D eigenvalue weighted by Gasteiger charge is 2.22. The number of anilines is 1. The standard InChI is InChI=1S/C14H12N2O5S/c1-8-5-11(14(17)18)12(6-9(8)2)16-22(19,20)13-4-3-10(7-15)21-13/h3-6,16H,1-2H3,(H,17,18). The molecular weight excluding hydrogens is 308 g/mol. The second-order valence-corrected chi connectivity index (χ2v) is 6.24. The van der Waals surface area contributed by atoms with E-state index in [1.54, 1.807) is 19.9 Å². The Hall–Kier alpha value is -2.79. The van der Waals surface area contributed by atoms with E-state index in [0.29, 0.717) is 0 Å². The number of hydrogen-bond acceptors (Lipinski definition) is 5. The molecule has 0 bridgehead atoms. The molecule has 114 valence electrons. The van der Waals surface area contributed by atoms with Crippen molar-refractivity contribution in [3.05, 3.63) is 46.7 Å². The molecule has 0 aliphatic heterocycles. The van der Waals surface area contributed by atoms with E-state index in [0.717, 1.165) is 17.2 Å². The van der Waals surface area contributed by atoms with E-state index in [-0.39, 0.29) is 17.0 Å². The van der Waals surface area contributed by atoms with Gasteiger partial charge in [0.25, 0.3) is 10.0 Å². The highest BCUT2D eigenvalue weighted by molar-refractivity contribution is 7.92. The monoisotopic (exact) mass is 320 g/mol. The number of nitriles is 1.